The molecule has 50 heavy (non-hydrogen) atoms. The maximum absolute atomic E-state index is 4.12. The molecule has 2 atom stereocenters. The van der Waals surface area contributed by atoms with E-state index in [1.165, 1.54) is 66.8 Å². The van der Waals surface area contributed by atoms with Crippen LogP contribution in [0.15, 0.2) is 158 Å². The fourth-order valence-corrected chi connectivity index (χ4v) is 36.1. The van der Waals surface area contributed by atoms with Crippen molar-refractivity contribution in [3.63, 3.8) is 0 Å². The van der Waals surface area contributed by atoms with Crippen molar-refractivity contribution in [3.8, 4) is 44.5 Å². The van der Waals surface area contributed by atoms with Gasteiger partial charge in [-0.3, -0.25) is 0 Å². The third kappa shape index (κ3) is 5.16. The van der Waals surface area contributed by atoms with E-state index in [-0.39, 0.29) is 0 Å². The molecule has 0 aliphatic heterocycles. The molecular weight excluding hydrogens is 767 g/mol. The van der Waals surface area contributed by atoms with Crippen LogP contribution in [-0.4, -0.2) is 3.26 Å². The van der Waals surface area contributed by atoms with Crippen molar-refractivity contribution in [3.05, 3.63) is 180 Å². The van der Waals surface area contributed by atoms with Crippen LogP contribution in [0.2, 0.25) is 9.36 Å². The van der Waals surface area contributed by atoms with Gasteiger partial charge in [-0.25, -0.2) is 0 Å². The summed E-state index contributed by atoms with van der Waals surface area (Å²) in [7, 11) is 0. The first-order valence-electron chi connectivity index (χ1n) is 18.4. The summed E-state index contributed by atoms with van der Waals surface area (Å²) in [6, 6.07) is 53.8. The summed E-state index contributed by atoms with van der Waals surface area (Å²) < 4.78 is 8.28. The van der Waals surface area contributed by atoms with Crippen molar-refractivity contribution >= 4 is 15.4 Å². The maximum atomic E-state index is 2.79. The van der Waals surface area contributed by atoms with E-state index < -0.39 is 18.0 Å². The molecule has 2 unspecified atom stereocenters. The van der Waals surface area contributed by atoms with E-state index in [2.05, 4.69) is 193 Å². The van der Waals surface area contributed by atoms with Crippen LogP contribution in [0.3, 0.4) is 0 Å². The van der Waals surface area contributed by atoms with Crippen molar-refractivity contribution in [2.24, 2.45) is 0 Å². The van der Waals surface area contributed by atoms with E-state index in [1.54, 1.807) is 0 Å². The van der Waals surface area contributed by atoms with Crippen LogP contribution in [0.25, 0.3) is 56.7 Å². The molecule has 0 saturated heterocycles. The topological polar surface area (TPSA) is 0 Å². The first-order valence-corrected chi connectivity index (χ1v) is 31.5. The zero-order valence-corrected chi connectivity index (χ0v) is 33.3. The van der Waals surface area contributed by atoms with Gasteiger partial charge in [0.15, 0.2) is 0 Å². The van der Waals surface area contributed by atoms with Crippen molar-refractivity contribution in [1.29, 1.82) is 0 Å². The van der Waals surface area contributed by atoms with E-state index in [4.69, 9.17) is 0 Å². The molecule has 0 saturated carbocycles. The van der Waals surface area contributed by atoms with Crippen LogP contribution in [0.5, 0.6) is 0 Å². The molecule has 0 aromatic heterocycles. The summed E-state index contributed by atoms with van der Waals surface area (Å²) in [5, 5.41) is 0. The molecule has 0 N–H and O–H groups in total. The molecule has 0 spiro atoms. The number of hydrogen-bond donors (Lipinski definition) is 0. The predicted octanol–water partition coefficient (Wildman–Crippen LogP) is 14.0. The van der Waals surface area contributed by atoms with Crippen LogP contribution in [0.4, 0.5) is 0 Å². The van der Waals surface area contributed by atoms with Gasteiger partial charge in [0.25, 0.3) is 0 Å². The second-order valence-corrected chi connectivity index (χ2v) is 40.8. The predicted molar refractivity (Wildman–Crippen MR) is 215 cm³/mol. The van der Waals surface area contributed by atoms with Gasteiger partial charge in [-0.15, -0.1) is 0 Å². The van der Waals surface area contributed by atoms with Crippen LogP contribution in [0, 0.1) is 0 Å². The Bertz CT molecular complexity index is 2190. The molecule has 246 valence electrons. The first-order chi connectivity index (χ1) is 24.4. The van der Waals surface area contributed by atoms with E-state index in [0.717, 1.165) is 12.8 Å². The normalized spacial score (nSPS) is 16.3. The molecular formula is C49H46Hf. The molecule has 0 bridgehead atoms. The summed E-state index contributed by atoms with van der Waals surface area (Å²) in [4.78, 5) is 0. The second-order valence-electron chi connectivity index (χ2n) is 15.0. The monoisotopic (exact) mass is 814 g/mol. The molecule has 0 radical (unpaired) electrons. The minimum absolute atomic E-state index is 0.432. The Labute approximate surface area is 299 Å². The quantitative estimate of drug-likeness (QED) is 0.134. The average molecular weight is 813 g/mol. The van der Waals surface area contributed by atoms with Crippen LogP contribution in [-0.2, 0) is 18.0 Å². The van der Waals surface area contributed by atoms with E-state index in [1.807, 2.05) is 3.26 Å². The van der Waals surface area contributed by atoms with Crippen molar-refractivity contribution < 1.29 is 18.0 Å². The van der Waals surface area contributed by atoms with Gasteiger partial charge in [-0.05, 0) is 0 Å². The van der Waals surface area contributed by atoms with Crippen molar-refractivity contribution in [2.75, 3.05) is 0 Å². The van der Waals surface area contributed by atoms with Crippen LogP contribution >= 0.6 is 0 Å². The molecule has 0 amide bonds. The van der Waals surface area contributed by atoms with Crippen molar-refractivity contribution in [2.45, 2.75) is 43.4 Å². The Morgan fingerprint density at radius 2 is 0.780 bits per heavy atom. The Morgan fingerprint density at radius 1 is 0.420 bits per heavy atom. The van der Waals surface area contributed by atoms with Crippen molar-refractivity contribution in [1.82, 2.24) is 0 Å². The fraction of sp³-hybridized carbons (Fsp3) is 0.163. The fourth-order valence-electron chi connectivity index (χ4n) is 9.87. The molecule has 0 fully saturated rings. The third-order valence-corrected chi connectivity index (χ3v) is 40.3. The molecule has 2 aliphatic rings. The zero-order valence-electron chi connectivity index (χ0n) is 29.7. The Kier molecular flexibility index (Phi) is 8.52. The number of rotatable bonds is 8. The molecule has 0 nitrogen and oxygen atoms in total. The zero-order chi connectivity index (χ0) is 34.3. The van der Waals surface area contributed by atoms with Gasteiger partial charge in [0, 0.05) is 0 Å². The van der Waals surface area contributed by atoms with Gasteiger partial charge in [-0.1, -0.05) is 0 Å². The Hall–Kier alpha value is -4.46. The molecule has 6 aromatic rings. The first kappa shape index (κ1) is 32.7. The van der Waals surface area contributed by atoms with Gasteiger partial charge in [0.05, 0.1) is 0 Å². The summed E-state index contributed by atoms with van der Waals surface area (Å²) >= 11 is -4.12. The minimum atomic E-state index is -4.12. The van der Waals surface area contributed by atoms with Gasteiger partial charge < -0.3 is 0 Å². The summed E-state index contributed by atoms with van der Waals surface area (Å²) in [5.41, 5.74) is 16.3. The van der Waals surface area contributed by atoms with Gasteiger partial charge in [0.1, 0.15) is 0 Å². The average Bonchev–Trinajstić information content (AvgIpc) is 3.83. The van der Waals surface area contributed by atoms with Gasteiger partial charge >= 0.3 is 301 Å². The van der Waals surface area contributed by atoms with E-state index in [9.17, 15) is 0 Å². The molecule has 2 aliphatic carbocycles. The van der Waals surface area contributed by atoms with Gasteiger partial charge in [-0.2, -0.15) is 0 Å². The summed E-state index contributed by atoms with van der Waals surface area (Å²) in [6.45, 7) is 4.83. The number of benzene rings is 6. The van der Waals surface area contributed by atoms with E-state index >= 15 is 0 Å². The van der Waals surface area contributed by atoms with Crippen LogP contribution in [0.1, 0.15) is 56.3 Å². The Balaban J connectivity index is 1.29. The number of allylic oxidation sites excluding steroid dienone is 2. The SMILES string of the molecule is CC[C](CC)=[Hf]([CH3])([CH3])([CH]1C=Cc2c(-c3ccccc3-c3ccccc3)cccc21)[CH]1C=Cc2c(-c3ccccc3-c3ccccc3)cccc21. The number of hydrogen-bond acceptors (Lipinski definition) is 0. The number of fused-ring (bicyclic) bond motifs is 2. The molecule has 8 rings (SSSR count). The van der Waals surface area contributed by atoms with E-state index in [0.29, 0.717) is 7.35 Å². The summed E-state index contributed by atoms with van der Waals surface area (Å²) in [6.07, 6.45) is 12.5. The second kappa shape index (κ2) is 13.0. The molecule has 1 heteroatoms. The van der Waals surface area contributed by atoms with Gasteiger partial charge in [0.2, 0.25) is 0 Å². The standard InChI is InChI=1S/2C21H15.C5H10.2CH3.Hf/c2*1-2-8-16(9-3-1)18-12-4-5-13-20(18)21-15-7-11-17-10-6-14-19(17)21;1-3-5-4-2;;;/h2*1-15H;3-4H2,1-2H3;2*1H3;. The molecule has 0 heterocycles. The van der Waals surface area contributed by atoms with Crippen LogP contribution < -0.4 is 0 Å². The molecule has 6 aromatic carbocycles. The Morgan fingerprint density at radius 3 is 1.18 bits per heavy atom. The third-order valence-electron chi connectivity index (χ3n) is 12.3. The summed E-state index contributed by atoms with van der Waals surface area (Å²) in [5.74, 6) is 0.